The molecule has 2 heterocycles. The second-order valence-electron chi connectivity index (χ2n) is 5.22. The Bertz CT molecular complexity index is 514. The Morgan fingerprint density at radius 3 is 2.62 bits per heavy atom. The molecule has 0 aromatic carbocycles. The van der Waals surface area contributed by atoms with E-state index in [0.717, 1.165) is 38.5 Å². The van der Waals surface area contributed by atoms with Crippen LogP contribution >= 0.6 is 12.2 Å². The maximum Gasteiger partial charge on any atom is 0.287 e. The van der Waals surface area contributed by atoms with Crippen molar-refractivity contribution in [1.82, 2.24) is 9.88 Å². The van der Waals surface area contributed by atoms with Gasteiger partial charge in [0.05, 0.1) is 9.91 Å². The quantitative estimate of drug-likeness (QED) is 0.494. The molecule has 0 aliphatic carbocycles. The second kappa shape index (κ2) is 6.77. The van der Waals surface area contributed by atoms with E-state index in [-0.39, 0.29) is 11.6 Å². The van der Waals surface area contributed by atoms with Crippen LogP contribution in [0.3, 0.4) is 0 Å². The van der Waals surface area contributed by atoms with Gasteiger partial charge in [-0.05, 0) is 6.07 Å². The molecule has 7 nitrogen and oxygen atoms in total. The number of pyridine rings is 1. The van der Waals surface area contributed by atoms with Gasteiger partial charge in [0.2, 0.25) is 0 Å². The highest BCUT2D eigenvalue weighted by Gasteiger charge is 2.20. The van der Waals surface area contributed by atoms with Crippen LogP contribution in [0, 0.1) is 16.0 Å². The van der Waals surface area contributed by atoms with Crippen LogP contribution in [0.15, 0.2) is 18.3 Å². The number of rotatable bonds is 5. The summed E-state index contributed by atoms with van der Waals surface area (Å²) in [5.74, 6) is 0.992. The molecule has 2 rings (SSSR count). The van der Waals surface area contributed by atoms with Crippen molar-refractivity contribution in [3.8, 4) is 0 Å². The van der Waals surface area contributed by atoms with Gasteiger partial charge < -0.3 is 10.6 Å². The molecule has 1 aliphatic rings. The molecule has 8 heteroatoms. The van der Waals surface area contributed by atoms with Gasteiger partial charge in [-0.25, -0.2) is 4.98 Å². The number of piperazine rings is 1. The summed E-state index contributed by atoms with van der Waals surface area (Å²) in [6.45, 7) is 6.41. The Hall–Kier alpha value is -1.80. The van der Waals surface area contributed by atoms with Crippen LogP contribution in [-0.2, 0) is 0 Å². The smallest absolute Gasteiger partial charge is 0.287 e. The molecule has 1 aromatic heterocycles. The Balaban J connectivity index is 1.88. The monoisotopic (exact) mass is 309 g/mol. The van der Waals surface area contributed by atoms with Gasteiger partial charge in [0.15, 0.2) is 0 Å². The van der Waals surface area contributed by atoms with Crippen molar-refractivity contribution in [2.24, 2.45) is 11.7 Å². The number of nitrogens with two attached hydrogens (primary N) is 1. The number of nitro groups is 1. The minimum Gasteiger partial charge on any atom is -0.393 e. The fourth-order valence-electron chi connectivity index (χ4n) is 2.31. The fraction of sp³-hybridized carbons (Fsp3) is 0.538. The first kappa shape index (κ1) is 15.6. The molecule has 1 aliphatic heterocycles. The van der Waals surface area contributed by atoms with Crippen LogP contribution in [0.5, 0.6) is 0 Å². The van der Waals surface area contributed by atoms with Crippen molar-refractivity contribution in [2.75, 3.05) is 37.6 Å². The lowest BCUT2D eigenvalue weighted by atomic mass is 10.1. The molecule has 114 valence electrons. The van der Waals surface area contributed by atoms with Crippen LogP contribution in [-0.4, -0.2) is 52.5 Å². The molecular weight excluding hydrogens is 290 g/mol. The number of thiocarbonyl (C=S) groups is 1. The first-order valence-corrected chi connectivity index (χ1v) is 7.25. The zero-order chi connectivity index (χ0) is 15.4. The Labute approximate surface area is 128 Å². The number of anilines is 1. The van der Waals surface area contributed by atoms with E-state index < -0.39 is 4.92 Å². The van der Waals surface area contributed by atoms with E-state index in [1.165, 1.54) is 12.3 Å². The third-order valence-electron chi connectivity index (χ3n) is 3.66. The van der Waals surface area contributed by atoms with Crippen LogP contribution in [0.25, 0.3) is 0 Å². The van der Waals surface area contributed by atoms with Crippen molar-refractivity contribution in [3.63, 3.8) is 0 Å². The summed E-state index contributed by atoms with van der Waals surface area (Å²) in [6.07, 6.45) is 1.30. The SMILES string of the molecule is CC(CN1CCN(c2ccc([N+](=O)[O-])cn2)CC1)C(N)=S. The second-order valence-corrected chi connectivity index (χ2v) is 5.69. The van der Waals surface area contributed by atoms with Gasteiger partial charge in [-0.2, -0.15) is 0 Å². The number of hydrogen-bond acceptors (Lipinski definition) is 6. The lowest BCUT2D eigenvalue weighted by Crippen LogP contribution is -2.48. The van der Waals surface area contributed by atoms with E-state index in [1.807, 2.05) is 6.92 Å². The van der Waals surface area contributed by atoms with Gasteiger partial charge in [-0.15, -0.1) is 0 Å². The minimum absolute atomic E-state index is 0.0164. The Morgan fingerprint density at radius 2 is 2.14 bits per heavy atom. The van der Waals surface area contributed by atoms with E-state index in [1.54, 1.807) is 6.07 Å². The molecule has 1 saturated heterocycles. The van der Waals surface area contributed by atoms with E-state index in [2.05, 4.69) is 14.8 Å². The molecule has 2 N–H and O–H groups in total. The van der Waals surface area contributed by atoms with Crippen LogP contribution < -0.4 is 10.6 Å². The molecule has 0 amide bonds. The standard InChI is InChI=1S/C13H19N5O2S/c1-10(13(14)21)9-16-4-6-17(7-5-16)12-3-2-11(8-15-12)18(19)20/h2-3,8,10H,4-7,9H2,1H3,(H2,14,21). The third kappa shape index (κ3) is 4.08. The highest BCUT2D eigenvalue weighted by atomic mass is 32.1. The van der Waals surface area contributed by atoms with Crippen LogP contribution in [0.4, 0.5) is 11.5 Å². The predicted molar refractivity (Wildman–Crippen MR) is 85.5 cm³/mol. The van der Waals surface area contributed by atoms with E-state index >= 15 is 0 Å². The van der Waals surface area contributed by atoms with Gasteiger partial charge >= 0.3 is 0 Å². The molecule has 1 fully saturated rings. The van der Waals surface area contributed by atoms with Gasteiger partial charge in [0.25, 0.3) is 5.69 Å². The lowest BCUT2D eigenvalue weighted by Gasteiger charge is -2.36. The Morgan fingerprint density at radius 1 is 1.48 bits per heavy atom. The molecule has 1 unspecified atom stereocenters. The van der Waals surface area contributed by atoms with Crippen LogP contribution in [0.2, 0.25) is 0 Å². The minimum atomic E-state index is -0.439. The highest BCUT2D eigenvalue weighted by molar-refractivity contribution is 7.80. The van der Waals surface area contributed by atoms with Crippen molar-refractivity contribution in [2.45, 2.75) is 6.92 Å². The van der Waals surface area contributed by atoms with Crippen molar-refractivity contribution in [1.29, 1.82) is 0 Å². The van der Waals surface area contributed by atoms with E-state index in [0.29, 0.717) is 4.99 Å². The summed E-state index contributed by atoms with van der Waals surface area (Å²) in [5.41, 5.74) is 5.66. The molecule has 1 aromatic rings. The van der Waals surface area contributed by atoms with Gasteiger partial charge in [-0.3, -0.25) is 15.0 Å². The summed E-state index contributed by atoms with van der Waals surface area (Å²) in [5, 5.41) is 10.6. The molecule has 0 spiro atoms. The summed E-state index contributed by atoms with van der Waals surface area (Å²) >= 11 is 5.00. The first-order chi connectivity index (χ1) is 9.97. The van der Waals surface area contributed by atoms with Gasteiger partial charge in [-0.1, -0.05) is 19.1 Å². The van der Waals surface area contributed by atoms with Crippen molar-refractivity contribution in [3.05, 3.63) is 28.4 Å². The maximum atomic E-state index is 10.6. The molecule has 0 saturated carbocycles. The summed E-state index contributed by atoms with van der Waals surface area (Å²) in [6, 6.07) is 3.19. The average molecular weight is 309 g/mol. The predicted octanol–water partition coefficient (Wildman–Crippen LogP) is 1.03. The molecular formula is C13H19N5O2S. The number of aromatic nitrogens is 1. The highest BCUT2D eigenvalue weighted by Crippen LogP contribution is 2.17. The van der Waals surface area contributed by atoms with Gasteiger partial charge in [0, 0.05) is 44.7 Å². The zero-order valence-corrected chi connectivity index (χ0v) is 12.8. The molecule has 0 bridgehead atoms. The van der Waals surface area contributed by atoms with Crippen molar-refractivity contribution < 1.29 is 4.92 Å². The van der Waals surface area contributed by atoms with Crippen LogP contribution in [0.1, 0.15) is 6.92 Å². The van der Waals surface area contributed by atoms with Gasteiger partial charge in [0.1, 0.15) is 12.0 Å². The normalized spacial score (nSPS) is 17.5. The number of nitrogens with zero attached hydrogens (tertiary/aromatic N) is 4. The molecule has 1 atom stereocenters. The first-order valence-electron chi connectivity index (χ1n) is 6.84. The summed E-state index contributed by atoms with van der Waals surface area (Å²) in [4.78, 5) is 19.3. The third-order valence-corrected chi connectivity index (χ3v) is 4.06. The molecule has 0 radical (unpaired) electrons. The maximum absolute atomic E-state index is 10.6. The fourth-order valence-corrected chi connectivity index (χ4v) is 2.38. The topological polar surface area (TPSA) is 88.5 Å². The van der Waals surface area contributed by atoms with Crippen molar-refractivity contribution >= 4 is 28.7 Å². The summed E-state index contributed by atoms with van der Waals surface area (Å²) < 4.78 is 0. The summed E-state index contributed by atoms with van der Waals surface area (Å²) in [7, 11) is 0. The zero-order valence-electron chi connectivity index (χ0n) is 11.9. The number of hydrogen-bond donors (Lipinski definition) is 1. The van der Waals surface area contributed by atoms with E-state index in [9.17, 15) is 10.1 Å². The van der Waals surface area contributed by atoms with E-state index in [4.69, 9.17) is 18.0 Å². The lowest BCUT2D eigenvalue weighted by molar-refractivity contribution is -0.385. The largest absolute Gasteiger partial charge is 0.393 e. The average Bonchev–Trinajstić information content (AvgIpc) is 2.48. The Kier molecular flexibility index (Phi) is 5.03. The molecule has 21 heavy (non-hydrogen) atoms.